The number of hydrogen-bond acceptors (Lipinski definition) is 3. The van der Waals surface area contributed by atoms with E-state index in [2.05, 4.69) is 10.1 Å². The molecule has 0 spiro atoms. The summed E-state index contributed by atoms with van der Waals surface area (Å²) in [6.07, 6.45) is 6.27. The van der Waals surface area contributed by atoms with Gasteiger partial charge in [0.15, 0.2) is 0 Å². The fourth-order valence-electron chi connectivity index (χ4n) is 4.90. The molecule has 19 heavy (non-hydrogen) atoms. The van der Waals surface area contributed by atoms with Crippen molar-refractivity contribution in [2.24, 2.45) is 29.6 Å². The Labute approximate surface area is 114 Å². The predicted octanol–water partition coefficient (Wildman–Crippen LogP) is 1.74. The van der Waals surface area contributed by atoms with Gasteiger partial charge < -0.3 is 10.1 Å². The van der Waals surface area contributed by atoms with Crippen molar-refractivity contribution < 1.29 is 14.3 Å². The van der Waals surface area contributed by atoms with E-state index in [4.69, 9.17) is 0 Å². The molecule has 0 aromatic carbocycles. The summed E-state index contributed by atoms with van der Waals surface area (Å²) in [7, 11) is 1.36. The molecule has 1 atom stereocenters. The molecule has 0 aliphatic heterocycles. The van der Waals surface area contributed by atoms with Crippen LogP contribution < -0.4 is 5.32 Å². The maximum absolute atomic E-state index is 12.4. The predicted molar refractivity (Wildman–Crippen MR) is 70.2 cm³/mol. The standard InChI is InChI=1S/C15H23NO3/c1-8(15(18)19-2)16-14(17)13-11-4-9-3-10(6-11)7-12(13)5-9/h8-13H,3-7H2,1-2H3,(H,16,17)/t8-,9?,10?,11?,12?,13?/m0/s1. The molecule has 1 N–H and O–H groups in total. The van der Waals surface area contributed by atoms with E-state index < -0.39 is 6.04 Å². The molecule has 0 aromatic rings. The summed E-state index contributed by atoms with van der Waals surface area (Å²) in [6.45, 7) is 1.69. The molecular formula is C15H23NO3. The molecule has 4 nitrogen and oxygen atoms in total. The third kappa shape index (κ3) is 2.26. The van der Waals surface area contributed by atoms with E-state index >= 15 is 0 Å². The first-order valence-corrected chi connectivity index (χ1v) is 7.46. The van der Waals surface area contributed by atoms with Crippen LogP contribution in [-0.4, -0.2) is 25.0 Å². The van der Waals surface area contributed by atoms with Gasteiger partial charge in [-0.2, -0.15) is 0 Å². The van der Waals surface area contributed by atoms with Gasteiger partial charge in [0.05, 0.1) is 7.11 Å². The second kappa shape index (κ2) is 4.80. The fraction of sp³-hybridized carbons (Fsp3) is 0.867. The Morgan fingerprint density at radius 3 is 2.05 bits per heavy atom. The number of ether oxygens (including phenoxy) is 1. The molecule has 0 radical (unpaired) electrons. The van der Waals surface area contributed by atoms with Crippen LogP contribution in [-0.2, 0) is 14.3 Å². The van der Waals surface area contributed by atoms with E-state index in [0.29, 0.717) is 11.8 Å². The van der Waals surface area contributed by atoms with Gasteiger partial charge in [0, 0.05) is 5.92 Å². The van der Waals surface area contributed by atoms with Crippen LogP contribution in [0.3, 0.4) is 0 Å². The lowest BCUT2D eigenvalue weighted by Crippen LogP contribution is -2.53. The maximum Gasteiger partial charge on any atom is 0.328 e. The van der Waals surface area contributed by atoms with Gasteiger partial charge in [0.2, 0.25) is 5.91 Å². The van der Waals surface area contributed by atoms with Crippen molar-refractivity contribution in [1.29, 1.82) is 0 Å². The van der Waals surface area contributed by atoms with E-state index in [0.717, 1.165) is 11.8 Å². The smallest absolute Gasteiger partial charge is 0.328 e. The number of esters is 1. The Bertz CT molecular complexity index is 365. The van der Waals surface area contributed by atoms with Crippen molar-refractivity contribution in [2.75, 3.05) is 7.11 Å². The van der Waals surface area contributed by atoms with E-state index in [9.17, 15) is 9.59 Å². The third-order valence-corrected chi connectivity index (χ3v) is 5.44. The number of carbonyl (C=O) groups is 2. The minimum Gasteiger partial charge on any atom is -0.467 e. The number of amides is 1. The molecule has 0 aromatic heterocycles. The van der Waals surface area contributed by atoms with Gasteiger partial charge in [-0.05, 0) is 62.7 Å². The number of rotatable bonds is 3. The van der Waals surface area contributed by atoms with E-state index in [1.165, 1.54) is 39.2 Å². The minimum absolute atomic E-state index is 0.0756. The summed E-state index contributed by atoms with van der Waals surface area (Å²) < 4.78 is 4.66. The number of carbonyl (C=O) groups excluding carboxylic acids is 2. The van der Waals surface area contributed by atoms with Gasteiger partial charge in [0.25, 0.3) is 0 Å². The molecule has 4 aliphatic rings. The van der Waals surface area contributed by atoms with Crippen LogP contribution in [0, 0.1) is 29.6 Å². The zero-order valence-corrected chi connectivity index (χ0v) is 11.7. The molecule has 4 bridgehead atoms. The van der Waals surface area contributed by atoms with Crippen molar-refractivity contribution in [2.45, 2.75) is 45.1 Å². The van der Waals surface area contributed by atoms with Gasteiger partial charge in [-0.15, -0.1) is 0 Å². The molecule has 4 saturated carbocycles. The van der Waals surface area contributed by atoms with Crippen LogP contribution in [0.5, 0.6) is 0 Å². The van der Waals surface area contributed by atoms with Crippen LogP contribution in [0.15, 0.2) is 0 Å². The van der Waals surface area contributed by atoms with Crippen molar-refractivity contribution in [3.8, 4) is 0 Å². The number of nitrogens with one attached hydrogen (secondary N) is 1. The summed E-state index contributed by atoms with van der Waals surface area (Å²) in [6, 6.07) is -0.533. The maximum atomic E-state index is 12.4. The summed E-state index contributed by atoms with van der Waals surface area (Å²) in [5.74, 6) is 2.69. The SMILES string of the molecule is COC(=O)[C@H](C)NC(=O)C1C2CC3CC(C2)CC1C3. The average molecular weight is 265 g/mol. The zero-order chi connectivity index (χ0) is 13.6. The Hall–Kier alpha value is -1.06. The highest BCUT2D eigenvalue weighted by Crippen LogP contribution is 2.56. The minimum atomic E-state index is -0.533. The second-order valence-corrected chi connectivity index (χ2v) is 6.71. The van der Waals surface area contributed by atoms with Crippen LogP contribution in [0.25, 0.3) is 0 Å². The molecular weight excluding hydrogens is 242 g/mol. The van der Waals surface area contributed by atoms with E-state index in [-0.39, 0.29) is 17.8 Å². The molecule has 0 saturated heterocycles. The molecule has 0 unspecified atom stereocenters. The van der Waals surface area contributed by atoms with Crippen molar-refractivity contribution >= 4 is 11.9 Å². The first-order chi connectivity index (χ1) is 9.08. The monoisotopic (exact) mass is 265 g/mol. The first kappa shape index (κ1) is 12.9. The summed E-state index contributed by atoms with van der Waals surface area (Å²) in [5, 5.41) is 2.85. The summed E-state index contributed by atoms with van der Waals surface area (Å²) in [4.78, 5) is 23.8. The van der Waals surface area contributed by atoms with Gasteiger partial charge in [-0.25, -0.2) is 4.79 Å². The Morgan fingerprint density at radius 2 is 1.58 bits per heavy atom. The fourth-order valence-corrected chi connectivity index (χ4v) is 4.90. The number of methoxy groups -OCH3 is 1. The largest absolute Gasteiger partial charge is 0.467 e. The van der Waals surface area contributed by atoms with Gasteiger partial charge >= 0.3 is 5.97 Å². The van der Waals surface area contributed by atoms with Crippen molar-refractivity contribution in [1.82, 2.24) is 5.32 Å². The summed E-state index contributed by atoms with van der Waals surface area (Å²) >= 11 is 0. The molecule has 4 fully saturated rings. The average Bonchev–Trinajstić information content (AvgIpc) is 2.36. The van der Waals surface area contributed by atoms with Gasteiger partial charge in [-0.1, -0.05) is 0 Å². The molecule has 4 heteroatoms. The normalized spacial score (nSPS) is 40.8. The van der Waals surface area contributed by atoms with Crippen LogP contribution in [0.2, 0.25) is 0 Å². The van der Waals surface area contributed by atoms with Crippen LogP contribution in [0.4, 0.5) is 0 Å². The Balaban J connectivity index is 1.66. The molecule has 4 rings (SSSR count). The van der Waals surface area contributed by atoms with Crippen LogP contribution in [0.1, 0.15) is 39.0 Å². The highest BCUT2D eigenvalue weighted by Gasteiger charge is 2.50. The molecule has 1 amide bonds. The Kier molecular flexibility index (Phi) is 3.27. The topological polar surface area (TPSA) is 55.4 Å². The van der Waals surface area contributed by atoms with E-state index in [1.807, 2.05) is 0 Å². The zero-order valence-electron chi connectivity index (χ0n) is 11.7. The molecule has 0 heterocycles. The Morgan fingerprint density at radius 1 is 1.05 bits per heavy atom. The lowest BCUT2D eigenvalue weighted by Gasteiger charge is -2.53. The quantitative estimate of drug-likeness (QED) is 0.791. The van der Waals surface area contributed by atoms with Crippen LogP contribution >= 0.6 is 0 Å². The lowest BCUT2D eigenvalue weighted by atomic mass is 9.51. The highest BCUT2D eigenvalue weighted by atomic mass is 16.5. The lowest BCUT2D eigenvalue weighted by molar-refractivity contribution is -0.148. The second-order valence-electron chi connectivity index (χ2n) is 6.71. The molecule has 4 aliphatic carbocycles. The first-order valence-electron chi connectivity index (χ1n) is 7.46. The number of hydrogen-bond donors (Lipinski definition) is 1. The van der Waals surface area contributed by atoms with Crippen molar-refractivity contribution in [3.05, 3.63) is 0 Å². The summed E-state index contributed by atoms with van der Waals surface area (Å²) in [5.41, 5.74) is 0. The van der Waals surface area contributed by atoms with Gasteiger partial charge in [-0.3, -0.25) is 4.79 Å². The molecule has 106 valence electrons. The highest BCUT2D eigenvalue weighted by molar-refractivity contribution is 5.86. The van der Waals surface area contributed by atoms with E-state index in [1.54, 1.807) is 6.92 Å². The van der Waals surface area contributed by atoms with Crippen molar-refractivity contribution in [3.63, 3.8) is 0 Å². The third-order valence-electron chi connectivity index (χ3n) is 5.44. The van der Waals surface area contributed by atoms with Gasteiger partial charge in [0.1, 0.15) is 6.04 Å².